The first-order valence-electron chi connectivity index (χ1n) is 44.7. The number of piperazine rings is 4. The molecule has 4 amide bonds. The molecule has 0 bridgehead atoms. The van der Waals surface area contributed by atoms with Crippen LogP contribution in [0.2, 0.25) is 0 Å². The molecule has 17 rings (SSSR count). The fourth-order valence-electron chi connectivity index (χ4n) is 17.5. The maximum Gasteiger partial charge on any atom is 0.330 e. The lowest BCUT2D eigenvalue weighted by Gasteiger charge is -2.35. The molecule has 11 aromatic rings. The van der Waals surface area contributed by atoms with Crippen LogP contribution in [0.5, 0.6) is 0 Å². The van der Waals surface area contributed by atoms with Gasteiger partial charge in [0, 0.05) is 220 Å². The number of hydrogen-bond acceptors (Lipinski definition) is 24. The van der Waals surface area contributed by atoms with Crippen LogP contribution in [0.3, 0.4) is 0 Å². The number of aryl methyl sites for hydroxylation is 2. The summed E-state index contributed by atoms with van der Waals surface area (Å²) in [5.74, 6) is 3.84. The molecule has 6 aliphatic heterocycles. The minimum atomic E-state index is -0.0608. The Labute approximate surface area is 737 Å². The molecule has 6 aromatic heterocycles. The van der Waals surface area contributed by atoms with E-state index < -0.39 is 0 Å². The van der Waals surface area contributed by atoms with E-state index in [4.69, 9.17) is 9.97 Å². The Bertz CT molecular complexity index is 5660. The monoisotopic (exact) mass is 1710 g/mol. The summed E-state index contributed by atoms with van der Waals surface area (Å²) in [4.78, 5) is 132. The molecule has 4 N–H and O–H groups in total. The average molecular weight is 1710 g/mol. The summed E-state index contributed by atoms with van der Waals surface area (Å²) in [6, 6.07) is 43.5. The molecule has 0 saturated carbocycles. The molecule has 0 spiro atoms. The lowest BCUT2D eigenvalue weighted by Crippen LogP contribution is -2.48. The molecule has 5 aromatic carbocycles. The highest BCUT2D eigenvalue weighted by Crippen LogP contribution is 2.38. The molecular weight excluding hydrogens is 1590 g/mol. The minimum Gasteiger partial charge on any atom is -0.369 e. The summed E-state index contributed by atoms with van der Waals surface area (Å²) in [6.07, 6.45) is 13.8. The van der Waals surface area contributed by atoms with Crippen LogP contribution in [0.25, 0.3) is 22.3 Å². The van der Waals surface area contributed by atoms with Gasteiger partial charge >= 0.3 is 11.4 Å². The molecule has 126 heavy (non-hydrogen) atoms. The largest absolute Gasteiger partial charge is 0.369 e. The molecule has 1 atom stereocenters. The van der Waals surface area contributed by atoms with Gasteiger partial charge in [-0.3, -0.25) is 47.2 Å². The molecule has 4 fully saturated rings. The quantitative estimate of drug-likeness (QED) is 0.0437. The lowest BCUT2D eigenvalue weighted by atomic mass is 10.0. The van der Waals surface area contributed by atoms with E-state index in [9.17, 15) is 28.8 Å². The van der Waals surface area contributed by atoms with Crippen molar-refractivity contribution >= 4 is 127 Å². The maximum atomic E-state index is 12.9. The molecule has 32 heteroatoms. The van der Waals surface area contributed by atoms with Gasteiger partial charge in [0.25, 0.3) is 0 Å². The zero-order valence-corrected chi connectivity index (χ0v) is 75.2. The van der Waals surface area contributed by atoms with E-state index in [1.165, 1.54) is 11.4 Å². The Morgan fingerprint density at radius 2 is 0.651 bits per heavy atom. The number of fused-ring (bicyclic) bond motifs is 4. The third-order valence-corrected chi connectivity index (χ3v) is 25.2. The first-order valence-corrected chi connectivity index (χ1v) is 44.7. The van der Waals surface area contributed by atoms with Gasteiger partial charge in [-0.05, 0) is 162 Å². The topological polar surface area (TPSA) is 306 Å². The lowest BCUT2D eigenvalue weighted by molar-refractivity contribution is -0.129. The highest BCUT2D eigenvalue weighted by Gasteiger charge is 2.37. The van der Waals surface area contributed by atoms with Crippen LogP contribution in [0.15, 0.2) is 162 Å². The Kier molecular flexibility index (Phi) is 29.0. The number of amides is 4. The minimum absolute atomic E-state index is 0.0401. The number of carbonyl (C=O) groups is 4. The number of nitrogens with zero attached hydrogens (tertiary/aromatic N) is 22. The van der Waals surface area contributed by atoms with Crippen molar-refractivity contribution in [1.82, 2.24) is 77.7 Å². The number of likely N-dealkylation sites (N-methyl/N-ethyl adjacent to an activating group) is 2. The zero-order valence-electron chi connectivity index (χ0n) is 75.2. The van der Waals surface area contributed by atoms with E-state index in [1.807, 2.05) is 62.1 Å². The fourth-order valence-corrected chi connectivity index (χ4v) is 17.5. The summed E-state index contributed by atoms with van der Waals surface area (Å²) < 4.78 is 6.82. The van der Waals surface area contributed by atoms with Crippen LogP contribution < -0.4 is 62.0 Å². The van der Waals surface area contributed by atoms with Crippen LogP contribution in [0, 0.1) is 0 Å². The number of anilines is 14. The summed E-state index contributed by atoms with van der Waals surface area (Å²) in [5.41, 5.74) is 13.9. The highest BCUT2D eigenvalue weighted by atomic mass is 16.2. The second-order valence-corrected chi connectivity index (χ2v) is 33.2. The van der Waals surface area contributed by atoms with Crippen molar-refractivity contribution in [1.29, 1.82) is 0 Å². The number of hydrogen-bond donors (Lipinski definition) is 4. The average Bonchev–Trinajstić information content (AvgIpc) is 1.60. The normalized spacial score (nSPS) is 15.8. The van der Waals surface area contributed by atoms with Crippen molar-refractivity contribution in [2.75, 3.05) is 169 Å². The molecule has 0 radical (unpaired) electrons. The molecule has 12 heterocycles. The van der Waals surface area contributed by atoms with E-state index in [0.717, 1.165) is 217 Å². The standard InChI is InChI=1S/C27H30N6O2.C23H31N7O2.C22H31N7O.C22H30N6O/c1-3-24(20-7-5-4-6-8-20)33-25(35)17-21-18-28-27(30-26(21)33)29-22-9-11-23(12-10-22)32-15-13-31(14-16-32)19(2)34;1-5-18(6-2)30-21-20(27(4)23(30)32)15-24-22(26-21)25-17-7-9-19(10-8-17)29-13-11-28(12-14-29)16(3)31;1-5-17(6-2)29-20-19(27(4)22(29)30)15-23-21(25-20)24-16-7-9-18(10-8-16)28-13-11-26(3)12-14-28;1-4-18(5-2)28-20(29)14-16-15-23-22(25-21(16)28)24-17-6-8-19(9-7-17)27-12-10-26(3)11-13-27/h4-12,18,24H,3,13-17H2,1-2H3,(H,28,29,30);7-10,15,18H,5-6,11-14H2,1-4H3,(H,24,25,26);7-10,15,17H,5-6,11-14H2,1-4H3,(H,23,24,25);6-9,15,18H,4-5,10-14H2,1-3H3,(H,23,24,25). The van der Waals surface area contributed by atoms with Crippen LogP contribution in [0.4, 0.5) is 80.9 Å². The second kappa shape index (κ2) is 40.9. The highest BCUT2D eigenvalue weighted by molar-refractivity contribution is 6.02. The predicted octanol–water partition coefficient (Wildman–Crippen LogP) is 12.9. The van der Waals surface area contributed by atoms with Crippen LogP contribution in [0.1, 0.15) is 142 Å². The number of imidazole rings is 2. The summed E-state index contributed by atoms with van der Waals surface area (Å²) in [7, 11) is 7.86. The first kappa shape index (κ1) is 89.4. The van der Waals surface area contributed by atoms with Crippen molar-refractivity contribution in [2.24, 2.45) is 14.1 Å². The van der Waals surface area contributed by atoms with Gasteiger partial charge in [-0.25, -0.2) is 29.5 Å². The maximum absolute atomic E-state index is 12.9. The van der Waals surface area contributed by atoms with E-state index in [1.54, 1.807) is 71.0 Å². The number of carbonyl (C=O) groups excluding carboxylic acids is 4. The van der Waals surface area contributed by atoms with Gasteiger partial charge in [-0.2, -0.15) is 19.9 Å². The Hall–Kier alpha value is -12.8. The van der Waals surface area contributed by atoms with Gasteiger partial charge in [-0.15, -0.1) is 0 Å². The van der Waals surface area contributed by atoms with E-state index in [0.29, 0.717) is 53.7 Å². The third-order valence-electron chi connectivity index (χ3n) is 25.2. The molecule has 664 valence electrons. The zero-order chi connectivity index (χ0) is 88.8. The van der Waals surface area contributed by atoms with Crippen molar-refractivity contribution in [3.05, 3.63) is 190 Å². The predicted molar refractivity (Wildman–Crippen MR) is 502 cm³/mol. The molecular formula is C94H122N26O6. The molecule has 6 aliphatic rings. The van der Waals surface area contributed by atoms with Crippen LogP contribution in [-0.4, -0.2) is 226 Å². The number of rotatable bonds is 24. The molecule has 4 saturated heterocycles. The van der Waals surface area contributed by atoms with Gasteiger partial charge in [-0.1, -0.05) is 78.8 Å². The van der Waals surface area contributed by atoms with E-state index in [-0.39, 0.29) is 59.2 Å². The summed E-state index contributed by atoms with van der Waals surface area (Å²) in [5, 5.41) is 13.1. The van der Waals surface area contributed by atoms with Gasteiger partial charge in [0.05, 0.1) is 31.3 Å². The summed E-state index contributed by atoms with van der Waals surface area (Å²) in [6.45, 7) is 32.8. The fraction of sp³-hybridized carbons (Fsp3) is 0.447. The van der Waals surface area contributed by atoms with Gasteiger partial charge < -0.3 is 60.5 Å². The Morgan fingerprint density at radius 1 is 0.349 bits per heavy atom. The SMILES string of the molecule is CCC(CC)N1C(=O)Cc2cnc(Nc3ccc(N4CCN(C)CC4)cc3)nc21.CCC(CC)n1c(=O)n(C)c2cnc(Nc3ccc(N4CCN(C(C)=O)CC4)cc3)nc21.CCC(CC)n1c(=O)n(C)c2cnc(Nc3ccc(N4CCN(C)CC4)cc3)nc21.CCC(c1ccccc1)N1C(=O)Cc2cnc(Nc3ccc(N4CCN(C(C)=O)CC4)cc3)nc21. The van der Waals surface area contributed by atoms with E-state index in [2.05, 4.69) is 228 Å². The first-order chi connectivity index (χ1) is 61.0. The van der Waals surface area contributed by atoms with Crippen molar-refractivity contribution < 1.29 is 19.2 Å². The molecule has 32 nitrogen and oxygen atoms in total. The second-order valence-electron chi connectivity index (χ2n) is 33.2. The number of aromatic nitrogens is 12. The van der Waals surface area contributed by atoms with Gasteiger partial charge in [0.15, 0.2) is 11.3 Å². The van der Waals surface area contributed by atoms with Crippen molar-refractivity contribution in [3.8, 4) is 0 Å². The smallest absolute Gasteiger partial charge is 0.330 e. The van der Waals surface area contributed by atoms with Crippen LogP contribution in [-0.2, 0) is 46.1 Å². The van der Waals surface area contributed by atoms with Crippen molar-refractivity contribution in [3.63, 3.8) is 0 Å². The van der Waals surface area contributed by atoms with Gasteiger partial charge in [0.2, 0.25) is 47.4 Å². The van der Waals surface area contributed by atoms with E-state index >= 15 is 0 Å². The Morgan fingerprint density at radius 3 is 0.968 bits per heavy atom. The Balaban J connectivity index is 0.000000137. The van der Waals surface area contributed by atoms with Crippen LogP contribution >= 0.6 is 0 Å². The van der Waals surface area contributed by atoms with Crippen molar-refractivity contribution in [2.45, 2.75) is 144 Å². The summed E-state index contributed by atoms with van der Waals surface area (Å²) >= 11 is 0. The molecule has 0 aliphatic carbocycles. The van der Waals surface area contributed by atoms with Gasteiger partial charge in [0.1, 0.15) is 22.7 Å². The number of benzene rings is 5. The third kappa shape index (κ3) is 20.4. The number of nitrogens with one attached hydrogen (secondary N) is 4. The molecule has 1 unspecified atom stereocenters.